The van der Waals surface area contributed by atoms with E-state index in [1.807, 2.05) is 24.4 Å². The first-order valence-electron chi connectivity index (χ1n) is 7.67. The minimum absolute atomic E-state index is 0.190. The van der Waals surface area contributed by atoms with E-state index in [9.17, 15) is 9.18 Å². The molecule has 0 saturated heterocycles. The van der Waals surface area contributed by atoms with Gasteiger partial charge in [0.1, 0.15) is 5.82 Å². The van der Waals surface area contributed by atoms with Gasteiger partial charge in [-0.2, -0.15) is 0 Å². The predicted molar refractivity (Wildman–Crippen MR) is 90.1 cm³/mol. The van der Waals surface area contributed by atoms with Gasteiger partial charge in [0.2, 0.25) is 0 Å². The first-order valence-corrected chi connectivity index (χ1v) is 7.67. The van der Waals surface area contributed by atoms with Crippen molar-refractivity contribution >= 4 is 17.2 Å². The quantitative estimate of drug-likeness (QED) is 0.865. The molecule has 1 aliphatic rings. The van der Waals surface area contributed by atoms with E-state index in [-0.39, 0.29) is 17.8 Å². The van der Waals surface area contributed by atoms with Gasteiger partial charge in [0.25, 0.3) is 5.91 Å². The van der Waals surface area contributed by atoms with Crippen molar-refractivity contribution in [2.24, 2.45) is 0 Å². The maximum absolute atomic E-state index is 13.5. The first kappa shape index (κ1) is 15.3. The van der Waals surface area contributed by atoms with E-state index < -0.39 is 0 Å². The van der Waals surface area contributed by atoms with Gasteiger partial charge in [-0.25, -0.2) is 4.39 Å². The average Bonchev–Trinajstić information content (AvgIpc) is 2.83. The molecule has 4 heteroatoms. The van der Waals surface area contributed by atoms with Crippen molar-refractivity contribution in [3.05, 3.63) is 71.7 Å². The zero-order chi connectivity index (χ0) is 16.4. The van der Waals surface area contributed by atoms with Crippen LogP contribution in [0, 0.1) is 5.82 Å². The van der Waals surface area contributed by atoms with Crippen molar-refractivity contribution in [3.63, 3.8) is 0 Å². The fraction of sp³-hybridized carbons (Fsp3) is 0.211. The van der Waals surface area contributed by atoms with Crippen molar-refractivity contribution in [2.75, 3.05) is 5.32 Å². The molecule has 1 aliphatic heterocycles. The number of anilines is 1. The zero-order valence-corrected chi connectivity index (χ0v) is 13.2. The van der Waals surface area contributed by atoms with Gasteiger partial charge in [0.05, 0.1) is 5.57 Å². The summed E-state index contributed by atoms with van der Waals surface area (Å²) in [6, 6.07) is 14.6. The van der Waals surface area contributed by atoms with Crippen LogP contribution in [0.25, 0.3) is 5.57 Å². The molecule has 0 unspecified atom stereocenters. The van der Waals surface area contributed by atoms with Gasteiger partial charge < -0.3 is 10.2 Å². The van der Waals surface area contributed by atoms with Gasteiger partial charge in [-0.15, -0.1) is 0 Å². The monoisotopic (exact) mass is 310 g/mol. The smallest absolute Gasteiger partial charge is 0.257 e. The number of hydrogen-bond acceptors (Lipinski definition) is 2. The van der Waals surface area contributed by atoms with Gasteiger partial charge in [-0.05, 0) is 37.6 Å². The number of halogens is 1. The summed E-state index contributed by atoms with van der Waals surface area (Å²) in [6.07, 6.45) is 1.83. The van der Waals surface area contributed by atoms with Crippen molar-refractivity contribution in [1.82, 2.24) is 4.90 Å². The lowest BCUT2D eigenvalue weighted by molar-refractivity contribution is -0.110. The molecule has 23 heavy (non-hydrogen) atoms. The molecule has 0 radical (unpaired) electrons. The van der Waals surface area contributed by atoms with Crippen LogP contribution in [0.5, 0.6) is 0 Å². The lowest BCUT2D eigenvalue weighted by Gasteiger charge is -2.25. The molecule has 0 fully saturated rings. The van der Waals surface area contributed by atoms with Crippen LogP contribution in [-0.2, 0) is 11.3 Å². The summed E-state index contributed by atoms with van der Waals surface area (Å²) >= 11 is 0. The maximum atomic E-state index is 13.5. The fourth-order valence-electron chi connectivity index (χ4n) is 2.63. The summed E-state index contributed by atoms with van der Waals surface area (Å²) in [5.41, 5.74) is 2.94. The zero-order valence-electron chi connectivity index (χ0n) is 13.2. The van der Waals surface area contributed by atoms with Crippen molar-refractivity contribution in [2.45, 2.75) is 26.4 Å². The van der Waals surface area contributed by atoms with Crippen LogP contribution in [0.3, 0.4) is 0 Å². The van der Waals surface area contributed by atoms with E-state index >= 15 is 0 Å². The maximum Gasteiger partial charge on any atom is 0.257 e. The number of fused-ring (bicyclic) bond motifs is 1. The number of benzene rings is 2. The molecule has 2 aromatic carbocycles. The summed E-state index contributed by atoms with van der Waals surface area (Å²) in [4.78, 5) is 14.3. The number of carbonyl (C=O) groups is 1. The highest BCUT2D eigenvalue weighted by molar-refractivity contribution is 6.31. The molecule has 0 saturated carbocycles. The minimum Gasteiger partial charge on any atom is -0.370 e. The molecule has 0 spiro atoms. The largest absolute Gasteiger partial charge is 0.370 e. The second-order valence-electron chi connectivity index (χ2n) is 5.94. The Morgan fingerprint density at radius 3 is 2.61 bits per heavy atom. The number of hydrogen-bond donors (Lipinski definition) is 1. The normalized spacial score (nSPS) is 15.0. The average molecular weight is 310 g/mol. The molecule has 2 aromatic rings. The van der Waals surface area contributed by atoms with Gasteiger partial charge in [0, 0.05) is 30.0 Å². The SMILES string of the molecule is CC(C)N(/C=C1/C(=O)Nc2ccc(F)cc21)Cc1ccccc1. The number of amides is 1. The van der Waals surface area contributed by atoms with Crippen LogP contribution in [0.1, 0.15) is 25.0 Å². The Hall–Kier alpha value is -2.62. The highest BCUT2D eigenvalue weighted by Gasteiger charge is 2.25. The molecule has 1 heterocycles. The summed E-state index contributed by atoms with van der Waals surface area (Å²) in [5.74, 6) is -0.533. The second kappa shape index (κ2) is 6.24. The standard InChI is InChI=1S/C19H19FN2O/c1-13(2)22(11-14-6-4-3-5-7-14)12-17-16-10-15(20)8-9-18(16)21-19(17)23/h3-10,12-13H,11H2,1-2H3,(H,21,23)/b17-12+. The third-order valence-corrected chi connectivity index (χ3v) is 3.93. The van der Waals surface area contributed by atoms with E-state index in [0.29, 0.717) is 23.4 Å². The van der Waals surface area contributed by atoms with Gasteiger partial charge in [0.15, 0.2) is 0 Å². The fourth-order valence-corrected chi connectivity index (χ4v) is 2.63. The topological polar surface area (TPSA) is 32.3 Å². The Kier molecular flexibility index (Phi) is 4.15. The molecular weight excluding hydrogens is 291 g/mol. The molecule has 3 rings (SSSR count). The molecular formula is C19H19FN2O. The van der Waals surface area contributed by atoms with Crippen LogP contribution in [-0.4, -0.2) is 16.8 Å². The van der Waals surface area contributed by atoms with E-state index in [1.165, 1.54) is 12.1 Å². The van der Waals surface area contributed by atoms with Crippen LogP contribution >= 0.6 is 0 Å². The molecule has 118 valence electrons. The van der Waals surface area contributed by atoms with Crippen LogP contribution in [0.4, 0.5) is 10.1 Å². The summed E-state index contributed by atoms with van der Waals surface area (Å²) in [5, 5.41) is 2.78. The van der Waals surface area contributed by atoms with Gasteiger partial charge >= 0.3 is 0 Å². The number of nitrogens with one attached hydrogen (secondary N) is 1. The van der Waals surface area contributed by atoms with E-state index in [0.717, 1.165) is 5.56 Å². The minimum atomic E-state index is -0.342. The second-order valence-corrected chi connectivity index (χ2v) is 5.94. The van der Waals surface area contributed by atoms with Gasteiger partial charge in [-0.3, -0.25) is 4.79 Å². The summed E-state index contributed by atoms with van der Waals surface area (Å²) < 4.78 is 13.5. The molecule has 1 amide bonds. The van der Waals surface area contributed by atoms with Crippen molar-refractivity contribution in [1.29, 1.82) is 0 Å². The molecule has 0 aliphatic carbocycles. The van der Waals surface area contributed by atoms with Crippen LogP contribution in [0.15, 0.2) is 54.7 Å². The highest BCUT2D eigenvalue weighted by Crippen LogP contribution is 2.32. The number of rotatable bonds is 4. The summed E-state index contributed by atoms with van der Waals surface area (Å²) in [6.45, 7) is 4.83. The first-order chi connectivity index (χ1) is 11.0. The lowest BCUT2D eigenvalue weighted by Crippen LogP contribution is -2.26. The van der Waals surface area contributed by atoms with Crippen LogP contribution < -0.4 is 5.32 Å². The third kappa shape index (κ3) is 3.26. The number of nitrogens with zero attached hydrogens (tertiary/aromatic N) is 1. The molecule has 1 N–H and O–H groups in total. The van der Waals surface area contributed by atoms with E-state index in [2.05, 4.69) is 36.2 Å². The van der Waals surface area contributed by atoms with Gasteiger partial charge in [-0.1, -0.05) is 30.3 Å². The Labute approximate surface area is 135 Å². The molecule has 0 aromatic heterocycles. The Balaban J connectivity index is 1.94. The molecule has 0 atom stereocenters. The number of carbonyl (C=O) groups excluding carboxylic acids is 1. The van der Waals surface area contributed by atoms with Crippen LogP contribution in [0.2, 0.25) is 0 Å². The third-order valence-electron chi connectivity index (χ3n) is 3.93. The summed E-state index contributed by atoms with van der Waals surface area (Å²) in [7, 11) is 0. The predicted octanol–water partition coefficient (Wildman–Crippen LogP) is 4.03. The molecule has 3 nitrogen and oxygen atoms in total. The van der Waals surface area contributed by atoms with Crippen molar-refractivity contribution in [3.8, 4) is 0 Å². The lowest BCUT2D eigenvalue weighted by atomic mass is 10.1. The highest BCUT2D eigenvalue weighted by atomic mass is 19.1. The van der Waals surface area contributed by atoms with E-state index in [4.69, 9.17) is 0 Å². The van der Waals surface area contributed by atoms with E-state index in [1.54, 1.807) is 6.07 Å². The Morgan fingerprint density at radius 2 is 1.91 bits per heavy atom. The Morgan fingerprint density at radius 1 is 1.17 bits per heavy atom. The Bertz CT molecular complexity index is 753. The van der Waals surface area contributed by atoms with Crippen molar-refractivity contribution < 1.29 is 9.18 Å². The molecule has 0 bridgehead atoms.